The molecule has 29 heavy (non-hydrogen) atoms. The number of aromatic hydroxyl groups is 1. The predicted octanol–water partition coefficient (Wildman–Crippen LogP) is 3.57. The number of ether oxygens (including phenoxy) is 1. The lowest BCUT2D eigenvalue weighted by atomic mass is 9.85. The van der Waals surface area contributed by atoms with Crippen LogP contribution >= 0.6 is 0 Å². The van der Waals surface area contributed by atoms with Gasteiger partial charge in [-0.05, 0) is 29.3 Å². The molecule has 0 bridgehead atoms. The number of carboxylic acids is 1. The molecule has 0 aliphatic rings. The van der Waals surface area contributed by atoms with Gasteiger partial charge in [-0.3, -0.25) is 0 Å². The third kappa shape index (κ3) is 3.88. The van der Waals surface area contributed by atoms with Crippen LogP contribution < -0.4 is 4.74 Å². The van der Waals surface area contributed by atoms with Gasteiger partial charge in [0, 0.05) is 11.6 Å². The number of carbonyl (C=O) groups excluding carboxylic acids is 1. The summed E-state index contributed by atoms with van der Waals surface area (Å²) >= 11 is 0. The van der Waals surface area contributed by atoms with E-state index in [-0.39, 0.29) is 22.4 Å². The maximum Gasteiger partial charge on any atom is 0.353 e. The van der Waals surface area contributed by atoms with Gasteiger partial charge in [-0.1, -0.05) is 61.2 Å². The van der Waals surface area contributed by atoms with Crippen molar-refractivity contribution in [3.05, 3.63) is 102 Å². The fraction of sp³-hybridized carbons (Fsp3) is 0.0435. The van der Waals surface area contributed by atoms with Crippen molar-refractivity contribution in [3.8, 4) is 11.5 Å². The molecule has 0 aromatic heterocycles. The van der Waals surface area contributed by atoms with E-state index in [4.69, 9.17) is 9.84 Å². The Morgan fingerprint density at radius 3 is 2.24 bits per heavy atom. The summed E-state index contributed by atoms with van der Waals surface area (Å²) in [5.41, 5.74) is -1.20. The van der Waals surface area contributed by atoms with Gasteiger partial charge >= 0.3 is 11.9 Å². The van der Waals surface area contributed by atoms with Crippen molar-refractivity contribution in [2.75, 3.05) is 0 Å². The van der Waals surface area contributed by atoms with Crippen LogP contribution in [-0.4, -0.2) is 27.3 Å². The zero-order valence-corrected chi connectivity index (χ0v) is 15.3. The number of carboxylic acid groups (broad SMARTS) is 1. The molecule has 0 saturated carbocycles. The summed E-state index contributed by atoms with van der Waals surface area (Å²) in [4.78, 5) is 24.1. The first-order valence-electron chi connectivity index (χ1n) is 8.65. The van der Waals surface area contributed by atoms with Gasteiger partial charge < -0.3 is 20.1 Å². The minimum atomic E-state index is -2.14. The monoisotopic (exact) mass is 390 g/mol. The van der Waals surface area contributed by atoms with Gasteiger partial charge in [-0.25, -0.2) is 9.59 Å². The molecule has 0 heterocycles. The summed E-state index contributed by atoms with van der Waals surface area (Å²) in [5, 5.41) is 30.3. The fourth-order valence-corrected chi connectivity index (χ4v) is 2.91. The lowest BCUT2D eigenvalue weighted by molar-refractivity contribution is -0.152. The second-order valence-electron chi connectivity index (χ2n) is 6.28. The maximum absolute atomic E-state index is 13.1. The van der Waals surface area contributed by atoms with Crippen LogP contribution in [-0.2, 0) is 10.4 Å². The molecular weight excluding hydrogens is 372 g/mol. The molecule has 0 radical (unpaired) electrons. The number of rotatable bonds is 6. The van der Waals surface area contributed by atoms with Crippen LogP contribution in [0, 0.1) is 0 Å². The molecular formula is C23H18O6. The quantitative estimate of drug-likeness (QED) is 0.439. The Kier molecular flexibility index (Phi) is 5.47. The van der Waals surface area contributed by atoms with E-state index >= 15 is 0 Å². The molecule has 0 aliphatic heterocycles. The van der Waals surface area contributed by atoms with Crippen LogP contribution in [0.3, 0.4) is 0 Å². The van der Waals surface area contributed by atoms with Crippen LogP contribution in [0.2, 0.25) is 0 Å². The lowest BCUT2D eigenvalue weighted by Crippen LogP contribution is -2.40. The molecule has 0 amide bonds. The number of aromatic carboxylic acids is 1. The Morgan fingerprint density at radius 2 is 1.62 bits per heavy atom. The highest BCUT2D eigenvalue weighted by molar-refractivity contribution is 5.91. The van der Waals surface area contributed by atoms with E-state index in [0.29, 0.717) is 5.56 Å². The van der Waals surface area contributed by atoms with Gasteiger partial charge in [0.25, 0.3) is 0 Å². The molecule has 3 aromatic rings. The van der Waals surface area contributed by atoms with Gasteiger partial charge in [0.15, 0.2) is 0 Å². The largest absolute Gasteiger partial charge is 0.507 e. The molecule has 3 rings (SSSR count). The highest BCUT2D eigenvalue weighted by Gasteiger charge is 2.42. The molecule has 1 atom stereocenters. The van der Waals surface area contributed by atoms with Crippen LogP contribution in [0.15, 0.2) is 79.4 Å². The zero-order chi connectivity index (χ0) is 21.0. The summed E-state index contributed by atoms with van der Waals surface area (Å²) in [6.07, 6.45) is 1.59. The topological polar surface area (TPSA) is 104 Å². The Hall–Kier alpha value is -3.90. The average molecular weight is 390 g/mol. The summed E-state index contributed by atoms with van der Waals surface area (Å²) in [5.74, 6) is -2.98. The molecule has 0 fully saturated rings. The van der Waals surface area contributed by atoms with E-state index < -0.39 is 23.3 Å². The van der Waals surface area contributed by atoms with Crippen molar-refractivity contribution < 1.29 is 29.6 Å². The highest BCUT2D eigenvalue weighted by Crippen LogP contribution is 2.33. The van der Waals surface area contributed by atoms with Crippen LogP contribution in [0.25, 0.3) is 6.08 Å². The molecule has 146 valence electrons. The third-order valence-corrected chi connectivity index (χ3v) is 4.44. The van der Waals surface area contributed by atoms with Crippen molar-refractivity contribution in [2.24, 2.45) is 0 Å². The fourth-order valence-electron chi connectivity index (χ4n) is 2.91. The first-order chi connectivity index (χ1) is 13.9. The molecule has 0 saturated heterocycles. The molecule has 1 unspecified atom stereocenters. The van der Waals surface area contributed by atoms with Gasteiger partial charge in [-0.2, -0.15) is 0 Å². The van der Waals surface area contributed by atoms with E-state index in [1.54, 1.807) is 60.7 Å². The predicted molar refractivity (Wildman–Crippen MR) is 107 cm³/mol. The SMILES string of the molecule is C=Cc1cccc(C(O)(C(=O)Oc2ccc(C(=O)O)c(O)c2)c2ccccc2)c1. The lowest BCUT2D eigenvalue weighted by Gasteiger charge is -2.27. The van der Waals surface area contributed by atoms with Gasteiger partial charge in [0.05, 0.1) is 0 Å². The summed E-state index contributed by atoms with van der Waals surface area (Å²) in [7, 11) is 0. The van der Waals surface area contributed by atoms with Crippen molar-refractivity contribution in [1.82, 2.24) is 0 Å². The van der Waals surface area contributed by atoms with E-state index in [1.165, 1.54) is 6.07 Å². The van der Waals surface area contributed by atoms with Gasteiger partial charge in [-0.15, -0.1) is 0 Å². The molecule has 0 aliphatic carbocycles. The first kappa shape index (κ1) is 19.9. The minimum Gasteiger partial charge on any atom is -0.507 e. The van der Waals surface area contributed by atoms with Crippen molar-refractivity contribution >= 4 is 18.0 Å². The summed E-state index contributed by atoms with van der Waals surface area (Å²) < 4.78 is 5.31. The molecule has 6 heteroatoms. The zero-order valence-electron chi connectivity index (χ0n) is 15.3. The Bertz CT molecular complexity index is 1070. The van der Waals surface area contributed by atoms with Gasteiger partial charge in [0.2, 0.25) is 5.60 Å². The number of phenols is 1. The normalized spacial score (nSPS) is 12.6. The van der Waals surface area contributed by atoms with Crippen molar-refractivity contribution in [2.45, 2.75) is 5.60 Å². The highest BCUT2D eigenvalue weighted by atomic mass is 16.6. The second-order valence-corrected chi connectivity index (χ2v) is 6.28. The number of esters is 1. The van der Waals surface area contributed by atoms with Crippen LogP contribution in [0.5, 0.6) is 11.5 Å². The van der Waals surface area contributed by atoms with Crippen molar-refractivity contribution in [1.29, 1.82) is 0 Å². The molecule has 6 nitrogen and oxygen atoms in total. The Balaban J connectivity index is 2.05. The number of benzene rings is 3. The van der Waals surface area contributed by atoms with E-state index in [2.05, 4.69) is 6.58 Å². The third-order valence-electron chi connectivity index (χ3n) is 4.44. The average Bonchev–Trinajstić information content (AvgIpc) is 2.73. The standard InChI is InChI=1S/C23H18O6/c1-2-15-7-6-10-17(13-15)23(28,16-8-4-3-5-9-16)22(27)29-18-11-12-19(21(25)26)20(24)14-18/h2-14,24,28H,1H2,(H,25,26). The first-order valence-corrected chi connectivity index (χ1v) is 8.65. The molecule has 0 spiro atoms. The number of hydrogen-bond donors (Lipinski definition) is 3. The maximum atomic E-state index is 13.1. The molecule has 3 N–H and O–H groups in total. The second kappa shape index (κ2) is 8.00. The Labute approximate surface area is 166 Å². The summed E-state index contributed by atoms with van der Waals surface area (Å²) in [6.45, 7) is 3.70. The van der Waals surface area contributed by atoms with Crippen LogP contribution in [0.1, 0.15) is 27.0 Å². The van der Waals surface area contributed by atoms with Crippen LogP contribution in [0.4, 0.5) is 0 Å². The number of carbonyl (C=O) groups is 2. The molecule has 3 aromatic carbocycles. The van der Waals surface area contributed by atoms with Gasteiger partial charge in [0.1, 0.15) is 17.1 Å². The Morgan fingerprint density at radius 1 is 0.931 bits per heavy atom. The van der Waals surface area contributed by atoms with E-state index in [0.717, 1.165) is 12.1 Å². The smallest absolute Gasteiger partial charge is 0.353 e. The number of aliphatic hydroxyl groups is 1. The summed E-state index contributed by atoms with van der Waals surface area (Å²) in [6, 6.07) is 18.3. The minimum absolute atomic E-state index is 0.105. The number of hydrogen-bond acceptors (Lipinski definition) is 5. The van der Waals surface area contributed by atoms with E-state index in [9.17, 15) is 19.8 Å². The van der Waals surface area contributed by atoms with Crippen molar-refractivity contribution in [3.63, 3.8) is 0 Å². The van der Waals surface area contributed by atoms with E-state index in [1.807, 2.05) is 0 Å².